The van der Waals surface area contributed by atoms with Crippen LogP contribution in [0.2, 0.25) is 0 Å². The van der Waals surface area contributed by atoms with Gasteiger partial charge in [0.05, 0.1) is 12.4 Å². The third-order valence-corrected chi connectivity index (χ3v) is 5.14. The molecule has 0 saturated heterocycles. The SMILES string of the molecule is CSCc1ccnc(Nc2cc(-c3cnn4c3CCCC4)c(F)cn2)c1. The number of aryl methyl sites for hydroxylation is 1. The normalized spacial score (nSPS) is 13.5. The summed E-state index contributed by atoms with van der Waals surface area (Å²) in [5, 5.41) is 7.60. The van der Waals surface area contributed by atoms with Crippen LogP contribution in [0, 0.1) is 5.82 Å². The van der Waals surface area contributed by atoms with Gasteiger partial charge in [0, 0.05) is 35.3 Å². The van der Waals surface area contributed by atoms with Gasteiger partial charge in [0.1, 0.15) is 17.5 Å². The number of anilines is 2. The Morgan fingerprint density at radius 1 is 1.15 bits per heavy atom. The minimum Gasteiger partial charge on any atom is -0.325 e. The molecule has 1 aliphatic rings. The lowest BCUT2D eigenvalue weighted by molar-refractivity contribution is 0.486. The predicted molar refractivity (Wildman–Crippen MR) is 103 cm³/mol. The molecule has 0 aromatic carbocycles. The van der Waals surface area contributed by atoms with Gasteiger partial charge in [-0.2, -0.15) is 16.9 Å². The van der Waals surface area contributed by atoms with Gasteiger partial charge in [0.2, 0.25) is 0 Å². The molecule has 4 rings (SSSR count). The van der Waals surface area contributed by atoms with Gasteiger partial charge in [0.25, 0.3) is 0 Å². The van der Waals surface area contributed by atoms with Gasteiger partial charge in [-0.1, -0.05) is 0 Å². The highest BCUT2D eigenvalue weighted by Crippen LogP contribution is 2.31. The Kier molecular flexibility index (Phi) is 4.88. The molecule has 26 heavy (non-hydrogen) atoms. The minimum absolute atomic E-state index is 0.332. The van der Waals surface area contributed by atoms with Crippen LogP contribution < -0.4 is 5.32 Å². The van der Waals surface area contributed by atoms with Crippen LogP contribution >= 0.6 is 11.8 Å². The summed E-state index contributed by atoms with van der Waals surface area (Å²) >= 11 is 1.76. The maximum absolute atomic E-state index is 14.5. The van der Waals surface area contributed by atoms with Crippen LogP contribution in [-0.4, -0.2) is 26.0 Å². The maximum atomic E-state index is 14.5. The monoisotopic (exact) mass is 369 g/mol. The highest BCUT2D eigenvalue weighted by molar-refractivity contribution is 7.97. The van der Waals surface area contributed by atoms with Crippen LogP contribution in [0.25, 0.3) is 11.1 Å². The van der Waals surface area contributed by atoms with Crippen LogP contribution in [0.15, 0.2) is 36.8 Å². The third-order valence-electron chi connectivity index (χ3n) is 4.52. The van der Waals surface area contributed by atoms with E-state index in [1.165, 1.54) is 11.8 Å². The Morgan fingerprint density at radius 3 is 2.92 bits per heavy atom. The van der Waals surface area contributed by atoms with Crippen molar-refractivity contribution >= 4 is 23.4 Å². The predicted octanol–water partition coefficient (Wildman–Crippen LogP) is 4.42. The first-order chi connectivity index (χ1) is 12.7. The number of fused-ring (bicyclic) bond motifs is 1. The Balaban J connectivity index is 1.65. The van der Waals surface area contributed by atoms with Gasteiger partial charge in [-0.25, -0.2) is 14.4 Å². The third kappa shape index (κ3) is 3.44. The summed E-state index contributed by atoms with van der Waals surface area (Å²) in [5.74, 6) is 1.87. The van der Waals surface area contributed by atoms with Crippen molar-refractivity contribution in [3.8, 4) is 11.1 Å². The molecule has 7 heteroatoms. The maximum Gasteiger partial charge on any atom is 0.149 e. The zero-order valence-electron chi connectivity index (χ0n) is 14.6. The van der Waals surface area contributed by atoms with Gasteiger partial charge in [-0.15, -0.1) is 0 Å². The Labute approximate surface area is 156 Å². The van der Waals surface area contributed by atoms with Crippen molar-refractivity contribution in [1.82, 2.24) is 19.7 Å². The zero-order chi connectivity index (χ0) is 17.9. The summed E-state index contributed by atoms with van der Waals surface area (Å²) < 4.78 is 16.4. The zero-order valence-corrected chi connectivity index (χ0v) is 15.4. The number of nitrogens with zero attached hydrogens (tertiary/aromatic N) is 4. The second-order valence-electron chi connectivity index (χ2n) is 6.34. The quantitative estimate of drug-likeness (QED) is 0.721. The van der Waals surface area contributed by atoms with E-state index in [0.29, 0.717) is 17.2 Å². The van der Waals surface area contributed by atoms with E-state index in [0.717, 1.165) is 42.8 Å². The fourth-order valence-corrected chi connectivity index (χ4v) is 3.80. The number of aromatic nitrogens is 4. The van der Waals surface area contributed by atoms with Crippen molar-refractivity contribution in [1.29, 1.82) is 0 Å². The second kappa shape index (κ2) is 7.45. The largest absolute Gasteiger partial charge is 0.325 e. The standard InChI is InChI=1S/C19H20FN5S/c1-26-12-13-5-6-21-18(8-13)24-19-9-14(16(20)11-22-19)15-10-23-25-7-3-2-4-17(15)25/h5-6,8-11H,2-4,7,12H2,1H3,(H,21,22,24). The molecule has 0 amide bonds. The van der Waals surface area contributed by atoms with Crippen molar-refractivity contribution in [3.05, 3.63) is 53.9 Å². The molecule has 3 aromatic heterocycles. The number of nitrogens with one attached hydrogen (secondary N) is 1. The number of thioether (sulfide) groups is 1. The van der Waals surface area contributed by atoms with Crippen molar-refractivity contribution in [2.45, 2.75) is 31.6 Å². The Hall–Kier alpha value is -2.41. The summed E-state index contributed by atoms with van der Waals surface area (Å²) in [5.41, 5.74) is 3.68. The Bertz CT molecular complexity index is 924. The fourth-order valence-electron chi connectivity index (χ4n) is 3.29. The smallest absolute Gasteiger partial charge is 0.149 e. The first-order valence-corrected chi connectivity index (χ1v) is 10.1. The van der Waals surface area contributed by atoms with E-state index < -0.39 is 0 Å². The molecule has 0 fully saturated rings. The molecule has 4 heterocycles. The average molecular weight is 369 g/mol. The molecule has 0 spiro atoms. The van der Waals surface area contributed by atoms with Crippen molar-refractivity contribution in [2.24, 2.45) is 0 Å². The van der Waals surface area contributed by atoms with Gasteiger partial charge in [-0.3, -0.25) is 4.68 Å². The van der Waals surface area contributed by atoms with E-state index in [1.54, 1.807) is 30.2 Å². The number of halogens is 1. The molecule has 1 aliphatic heterocycles. The number of hydrogen-bond donors (Lipinski definition) is 1. The summed E-state index contributed by atoms with van der Waals surface area (Å²) in [6, 6.07) is 5.72. The van der Waals surface area contributed by atoms with Gasteiger partial charge < -0.3 is 5.32 Å². The fraction of sp³-hybridized carbons (Fsp3) is 0.316. The molecule has 3 aromatic rings. The van der Waals surface area contributed by atoms with Crippen molar-refractivity contribution < 1.29 is 4.39 Å². The van der Waals surface area contributed by atoms with Crippen LogP contribution in [0.4, 0.5) is 16.0 Å². The Morgan fingerprint density at radius 2 is 2.04 bits per heavy atom. The molecular weight excluding hydrogens is 349 g/mol. The molecule has 134 valence electrons. The van der Waals surface area contributed by atoms with Crippen LogP contribution in [0.5, 0.6) is 0 Å². The molecule has 0 unspecified atom stereocenters. The van der Waals surface area contributed by atoms with Crippen molar-refractivity contribution in [2.75, 3.05) is 11.6 Å². The molecule has 0 saturated carbocycles. The molecule has 0 bridgehead atoms. The van der Waals surface area contributed by atoms with E-state index in [1.807, 2.05) is 16.8 Å². The topological polar surface area (TPSA) is 55.6 Å². The summed E-state index contributed by atoms with van der Waals surface area (Å²) in [6.45, 7) is 0.902. The van der Waals surface area contributed by atoms with Crippen LogP contribution in [0.1, 0.15) is 24.1 Å². The molecule has 0 aliphatic carbocycles. The summed E-state index contributed by atoms with van der Waals surface area (Å²) in [7, 11) is 0. The van der Waals surface area contributed by atoms with Crippen molar-refractivity contribution in [3.63, 3.8) is 0 Å². The molecule has 0 atom stereocenters. The van der Waals surface area contributed by atoms with E-state index >= 15 is 0 Å². The van der Waals surface area contributed by atoms with E-state index in [2.05, 4.69) is 26.6 Å². The highest BCUT2D eigenvalue weighted by Gasteiger charge is 2.19. The second-order valence-corrected chi connectivity index (χ2v) is 7.21. The minimum atomic E-state index is -0.332. The summed E-state index contributed by atoms with van der Waals surface area (Å²) in [6.07, 6.45) is 10.0. The number of rotatable bonds is 5. The molecular formula is C19H20FN5S. The molecule has 5 nitrogen and oxygen atoms in total. The van der Waals surface area contributed by atoms with Gasteiger partial charge in [0.15, 0.2) is 0 Å². The average Bonchev–Trinajstić information content (AvgIpc) is 3.08. The number of pyridine rings is 2. The first-order valence-electron chi connectivity index (χ1n) is 8.66. The van der Waals surface area contributed by atoms with E-state index in [4.69, 9.17) is 0 Å². The molecule has 1 N–H and O–H groups in total. The van der Waals surface area contributed by atoms with Gasteiger partial charge in [-0.05, 0) is 49.3 Å². The lowest BCUT2D eigenvalue weighted by Gasteiger charge is -2.15. The van der Waals surface area contributed by atoms with Crippen LogP contribution in [0.3, 0.4) is 0 Å². The van der Waals surface area contributed by atoms with E-state index in [-0.39, 0.29) is 5.82 Å². The molecule has 0 radical (unpaired) electrons. The van der Waals surface area contributed by atoms with Crippen LogP contribution in [-0.2, 0) is 18.7 Å². The summed E-state index contributed by atoms with van der Waals surface area (Å²) in [4.78, 5) is 8.50. The lowest BCUT2D eigenvalue weighted by atomic mass is 10.0. The van der Waals surface area contributed by atoms with Gasteiger partial charge >= 0.3 is 0 Å². The first kappa shape index (κ1) is 17.0. The van der Waals surface area contributed by atoms with E-state index in [9.17, 15) is 4.39 Å². The highest BCUT2D eigenvalue weighted by atomic mass is 32.2. The lowest BCUT2D eigenvalue weighted by Crippen LogP contribution is -2.11. The number of hydrogen-bond acceptors (Lipinski definition) is 5.